The van der Waals surface area contributed by atoms with Crippen molar-refractivity contribution < 1.29 is 150 Å². The van der Waals surface area contributed by atoms with Crippen molar-refractivity contribution in [1.29, 1.82) is 0 Å². The van der Waals surface area contributed by atoms with E-state index in [9.17, 15) is 106 Å². The van der Waals surface area contributed by atoms with Crippen LogP contribution in [-0.2, 0) is 78.6 Å². The number of hydrogen-bond donors (Lipinski definition) is 4. The van der Waals surface area contributed by atoms with Gasteiger partial charge in [-0.1, -0.05) is 73.6 Å². The molecule has 95 heavy (non-hydrogen) atoms. The molecule has 4 N–H and O–H groups in total. The molecule has 0 radical (unpaired) electrons. The molecule has 25 nitrogen and oxygen atoms in total. The molecule has 0 amide bonds. The van der Waals surface area contributed by atoms with Crippen LogP contribution in [0, 0.1) is 11.8 Å². The summed E-state index contributed by atoms with van der Waals surface area (Å²) in [4.78, 5) is 43.6. The van der Waals surface area contributed by atoms with Gasteiger partial charge in [-0.3, -0.25) is 0 Å². The van der Waals surface area contributed by atoms with E-state index in [-0.39, 0.29) is 34.7 Å². The first-order chi connectivity index (χ1) is 42.9. The Labute approximate surface area is 554 Å². The lowest BCUT2D eigenvalue weighted by Gasteiger charge is -2.25. The smallest absolute Gasteiger partial charge is 0.429 e. The van der Waals surface area contributed by atoms with Gasteiger partial charge in [0.2, 0.25) is 0 Å². The first-order valence-corrected chi connectivity index (χ1v) is 36.9. The fraction of sp³-hybridized carbons (Fsp3) is 0.825. The van der Waals surface area contributed by atoms with E-state index >= 15 is 0 Å². The Morgan fingerprint density at radius 2 is 0.811 bits per heavy atom. The molecule has 4 saturated heterocycles. The Hall–Kier alpha value is -3.67. The van der Waals surface area contributed by atoms with Crippen molar-refractivity contribution in [2.75, 3.05) is 0 Å². The zero-order chi connectivity index (χ0) is 74.6. The predicted octanol–water partition coefficient (Wildman–Crippen LogP) is 8.51. The van der Waals surface area contributed by atoms with Crippen LogP contribution in [0.4, 0.5) is 35.1 Å². The molecule has 1 aromatic rings. The molecule has 9 atom stereocenters. The highest BCUT2D eigenvalue weighted by molar-refractivity contribution is 8.01. The van der Waals surface area contributed by atoms with Crippen LogP contribution in [-0.4, -0.2) is 181 Å². The standard InChI is InChI=1S/C9H12F2O5S.C8H10F2O6S.C8H10F2O5S2.C8H6F2O5S.4C6H14O/c10-9(11,17(13,14)15)8(12)16-7-4-5-1-2-6(7)3-5;9-8(10,17(12,13)14)7(11)16-6-3-4-1-2-5(6)15-4;9-8(10,17(12,13)14)7(11)15-5-3-4-1-2-6(5)16-4;9-8(10,16(12,13)14)7(11)15-6-4-2-1-3-5-6;4*1-4-6(3,7)5-2/h5-7H,1-4H2,(H,13,14,15);2*4-6H,1-3H2,(H,12,13,14);1-5H,(H,12,13,14);4*7H,4-5H2,1-3H3/p-4. The van der Waals surface area contributed by atoms with Gasteiger partial charge < -0.3 is 62.3 Å². The van der Waals surface area contributed by atoms with Crippen molar-refractivity contribution in [3.8, 4) is 5.75 Å². The van der Waals surface area contributed by atoms with E-state index in [1.807, 2.05) is 83.1 Å². The number of alkyl halides is 8. The number of ether oxygens (including phenoxy) is 5. The average molecular weight is 1490 g/mol. The number of halogens is 8. The predicted molar refractivity (Wildman–Crippen MR) is 322 cm³/mol. The summed E-state index contributed by atoms with van der Waals surface area (Å²) in [6.07, 6.45) is 10.7. The van der Waals surface area contributed by atoms with E-state index in [0.29, 0.717) is 25.2 Å². The second-order valence-electron chi connectivity index (χ2n) is 24.1. The summed E-state index contributed by atoms with van der Waals surface area (Å²) in [6.45, 7) is 23.3. The summed E-state index contributed by atoms with van der Waals surface area (Å²) in [5, 5.41) is 16.6. The lowest BCUT2D eigenvalue weighted by Crippen LogP contribution is -2.42. The van der Waals surface area contributed by atoms with Crippen LogP contribution in [0.3, 0.4) is 0 Å². The Morgan fingerprint density at radius 3 is 1.06 bits per heavy atom. The van der Waals surface area contributed by atoms with Crippen LogP contribution in [0.25, 0.3) is 0 Å². The number of hydrogen-bond acceptors (Lipinski definition) is 26. The molecule has 4 aliphatic heterocycles. The minimum atomic E-state index is -6.08. The summed E-state index contributed by atoms with van der Waals surface area (Å²) < 4.78 is 247. The SMILES string of the molecule is CCC(C)(O)CC.CCC(C)(O)CC.CCC(C)(O)CC.CCC(C)(O)CC.O=C(OC1CC2CCC1C2)C(F)(F)S(=O)(=O)[O-].O=C(OC1CC2CCC1O2)C(F)(F)S(=O)(=O)[O-].O=C(OC1CC2CCC1S2)C(F)(F)S(=O)(=O)[O-].O=C(Oc1ccccc1)C(F)(F)S(=O)(=O)[O-]. The third-order valence-corrected chi connectivity index (χ3v) is 21.7. The van der Waals surface area contributed by atoms with Gasteiger partial charge in [-0.25, -0.2) is 52.8 Å². The van der Waals surface area contributed by atoms with Crippen molar-refractivity contribution in [2.24, 2.45) is 11.8 Å². The third kappa shape index (κ3) is 29.2. The van der Waals surface area contributed by atoms with Gasteiger partial charge in [-0.15, -0.1) is 0 Å². The number of fused-ring (bicyclic) bond motifs is 6. The fourth-order valence-corrected chi connectivity index (χ4v) is 11.1. The number of benzene rings is 1. The Kier molecular flexibility index (Phi) is 35.7. The summed E-state index contributed by atoms with van der Waals surface area (Å²) >= 11 is 1.55. The Morgan fingerprint density at radius 1 is 0.463 bits per heavy atom. The van der Waals surface area contributed by atoms with Crippen molar-refractivity contribution in [2.45, 2.75) is 283 Å². The summed E-state index contributed by atoms with van der Waals surface area (Å²) in [5.41, 5.74) is -1.67. The number of thioether (sulfide) groups is 1. The van der Waals surface area contributed by atoms with Crippen LogP contribution < -0.4 is 4.74 Å². The molecule has 6 aliphatic rings. The molecule has 0 aromatic heterocycles. The molecule has 2 aliphatic carbocycles. The van der Waals surface area contributed by atoms with Gasteiger partial charge in [0.05, 0.1) is 34.6 Å². The maximum absolute atomic E-state index is 12.8. The molecule has 0 spiro atoms. The number of rotatable bonds is 20. The summed E-state index contributed by atoms with van der Waals surface area (Å²) in [5.74, 6) is -9.15. The first-order valence-electron chi connectivity index (χ1n) is 30.3. The van der Waals surface area contributed by atoms with Crippen molar-refractivity contribution in [3.05, 3.63) is 30.3 Å². The molecule has 4 heterocycles. The average Bonchev–Trinajstić information content (AvgIpc) is 1.78. The molecular formula is C57H90F8O25S5-4. The molecule has 6 bridgehead atoms. The third-order valence-electron chi connectivity index (χ3n) is 16.8. The normalized spacial score (nSPS) is 23.2. The number of para-hydroxylation sites is 1. The molecular weight excluding hydrogens is 1400 g/mol. The van der Waals surface area contributed by atoms with Crippen LogP contribution in [0.5, 0.6) is 5.75 Å². The van der Waals surface area contributed by atoms with Crippen LogP contribution in [0.2, 0.25) is 0 Å². The highest BCUT2D eigenvalue weighted by Crippen LogP contribution is 2.48. The van der Waals surface area contributed by atoms with Gasteiger partial charge in [0.25, 0.3) is 0 Å². The highest BCUT2D eigenvalue weighted by Gasteiger charge is 2.55. The quantitative estimate of drug-likeness (QED) is 0.0312. The van der Waals surface area contributed by atoms with E-state index in [4.69, 9.17) is 25.2 Å². The van der Waals surface area contributed by atoms with Crippen LogP contribution in [0.1, 0.15) is 199 Å². The first kappa shape index (κ1) is 91.3. The zero-order valence-electron chi connectivity index (χ0n) is 54.7. The Balaban J connectivity index is 0.00000110. The number of aliphatic hydroxyl groups is 4. The van der Waals surface area contributed by atoms with E-state index in [2.05, 4.69) is 18.9 Å². The van der Waals surface area contributed by atoms with E-state index in [1.54, 1.807) is 11.8 Å². The summed E-state index contributed by atoms with van der Waals surface area (Å²) in [6, 6.07) is 6.61. The number of esters is 4. The monoisotopic (exact) mass is 1490 g/mol. The lowest BCUT2D eigenvalue weighted by molar-refractivity contribution is -0.170. The molecule has 6 fully saturated rings. The van der Waals surface area contributed by atoms with Crippen molar-refractivity contribution >= 4 is 76.1 Å². The van der Waals surface area contributed by atoms with Gasteiger partial charge in [0.1, 0.15) is 24.1 Å². The molecule has 38 heteroatoms. The zero-order valence-corrected chi connectivity index (χ0v) is 58.8. The second kappa shape index (κ2) is 37.1. The van der Waals surface area contributed by atoms with Gasteiger partial charge in [0, 0.05) is 16.9 Å². The van der Waals surface area contributed by atoms with Gasteiger partial charge in [0.15, 0.2) is 40.5 Å². The molecule has 7 rings (SSSR count). The van der Waals surface area contributed by atoms with Gasteiger partial charge >= 0.3 is 44.9 Å². The fourth-order valence-electron chi connectivity index (χ4n) is 8.44. The van der Waals surface area contributed by atoms with Crippen molar-refractivity contribution in [1.82, 2.24) is 0 Å². The Bertz CT molecular complexity index is 2770. The molecule has 9 unspecified atom stereocenters. The van der Waals surface area contributed by atoms with Gasteiger partial charge in [-0.05, 0) is 161 Å². The van der Waals surface area contributed by atoms with Crippen molar-refractivity contribution in [3.63, 3.8) is 0 Å². The van der Waals surface area contributed by atoms with Crippen LogP contribution in [0.15, 0.2) is 30.3 Å². The maximum atomic E-state index is 12.8. The lowest BCUT2D eigenvalue weighted by atomic mass is 9.98. The van der Waals surface area contributed by atoms with Crippen LogP contribution >= 0.6 is 11.8 Å². The number of carbonyl (C=O) groups is 4. The highest BCUT2D eigenvalue weighted by atomic mass is 32.2. The van der Waals surface area contributed by atoms with Gasteiger partial charge in [-0.2, -0.15) is 46.9 Å². The molecule has 558 valence electrons. The summed E-state index contributed by atoms with van der Waals surface area (Å²) in [7, 11) is -24.2. The largest absolute Gasteiger partial charge is 0.743 e. The van der Waals surface area contributed by atoms with E-state index < -0.39 is 132 Å². The molecule has 2 saturated carbocycles. The topological polar surface area (TPSA) is 424 Å². The minimum absolute atomic E-state index is 0.0223. The second-order valence-corrected chi connectivity index (χ2v) is 31.4. The van der Waals surface area contributed by atoms with E-state index in [0.717, 1.165) is 102 Å². The van der Waals surface area contributed by atoms with E-state index in [1.165, 1.54) is 18.2 Å². The maximum Gasteiger partial charge on any atom is 0.429 e. The molecule has 1 aromatic carbocycles. The minimum Gasteiger partial charge on any atom is -0.743 e. The number of carbonyl (C=O) groups excluding carboxylic acids is 4.